The van der Waals surface area contributed by atoms with Crippen molar-refractivity contribution in [2.45, 2.75) is 18.9 Å². The van der Waals surface area contributed by atoms with Crippen LogP contribution >= 0.6 is 0 Å². The van der Waals surface area contributed by atoms with E-state index in [0.717, 1.165) is 23.1 Å². The van der Waals surface area contributed by atoms with Crippen LogP contribution in [0.4, 0.5) is 0 Å². The number of hydrogen-bond donors (Lipinski definition) is 1. The number of rotatable bonds is 4. The molecule has 1 unspecified atom stereocenters. The molecule has 1 radical (unpaired) electrons. The minimum atomic E-state index is -0.681. The Bertz CT molecular complexity index is 712. The molecule has 3 rings (SSSR count). The van der Waals surface area contributed by atoms with Crippen molar-refractivity contribution in [1.29, 1.82) is 0 Å². The van der Waals surface area contributed by atoms with Crippen LogP contribution in [0.2, 0.25) is 0 Å². The van der Waals surface area contributed by atoms with E-state index in [9.17, 15) is 9.59 Å². The van der Waals surface area contributed by atoms with Gasteiger partial charge in [-0.1, -0.05) is 54.6 Å². The largest absolute Gasteiger partial charge is 0.368 e. The first-order valence-corrected chi connectivity index (χ1v) is 7.71. The monoisotopic (exact) mass is 307 g/mol. The SMILES string of the molecule is NC(=O)C1c2ccccc2CCN1C(=O)[CH]Cc1ccccc1. The molecule has 1 aliphatic rings. The molecule has 0 saturated heterocycles. The second-order valence-electron chi connectivity index (χ2n) is 5.68. The summed E-state index contributed by atoms with van der Waals surface area (Å²) in [7, 11) is 0. The maximum Gasteiger partial charge on any atom is 0.244 e. The standard InChI is InChI=1S/C19H19N2O2/c20-19(23)18-16-9-5-4-8-15(16)12-13-21(18)17(22)11-10-14-6-2-1-3-7-14/h1-9,11,18H,10,12-13H2,(H2,20,23). The highest BCUT2D eigenvalue weighted by molar-refractivity contribution is 5.92. The van der Waals surface area contributed by atoms with Crippen molar-refractivity contribution in [3.8, 4) is 0 Å². The van der Waals surface area contributed by atoms with Gasteiger partial charge in [0.2, 0.25) is 11.8 Å². The summed E-state index contributed by atoms with van der Waals surface area (Å²) in [5.74, 6) is -0.634. The number of amides is 2. The average Bonchev–Trinajstić information content (AvgIpc) is 2.59. The fourth-order valence-electron chi connectivity index (χ4n) is 3.05. The molecule has 1 aliphatic heterocycles. The molecule has 0 bridgehead atoms. The van der Waals surface area contributed by atoms with Gasteiger partial charge in [0, 0.05) is 6.54 Å². The van der Waals surface area contributed by atoms with Gasteiger partial charge in [0.15, 0.2) is 0 Å². The van der Waals surface area contributed by atoms with Crippen molar-refractivity contribution in [3.05, 3.63) is 77.7 Å². The lowest BCUT2D eigenvalue weighted by molar-refractivity contribution is -0.137. The molecule has 117 valence electrons. The van der Waals surface area contributed by atoms with Gasteiger partial charge in [-0.25, -0.2) is 0 Å². The molecule has 0 aliphatic carbocycles. The lowest BCUT2D eigenvalue weighted by Crippen LogP contribution is -2.46. The van der Waals surface area contributed by atoms with Gasteiger partial charge in [-0.2, -0.15) is 0 Å². The molecule has 1 heterocycles. The van der Waals surface area contributed by atoms with Crippen molar-refractivity contribution < 1.29 is 9.59 Å². The minimum absolute atomic E-state index is 0.146. The van der Waals surface area contributed by atoms with E-state index >= 15 is 0 Å². The van der Waals surface area contributed by atoms with Gasteiger partial charge >= 0.3 is 0 Å². The van der Waals surface area contributed by atoms with E-state index in [2.05, 4.69) is 0 Å². The first kappa shape index (κ1) is 15.3. The minimum Gasteiger partial charge on any atom is -0.368 e. The molecule has 2 aromatic carbocycles. The molecular formula is C19H19N2O2. The second kappa shape index (κ2) is 6.65. The number of hydrogen-bond acceptors (Lipinski definition) is 2. The summed E-state index contributed by atoms with van der Waals surface area (Å²) in [6.07, 6.45) is 2.91. The third-order valence-corrected chi connectivity index (χ3v) is 4.19. The second-order valence-corrected chi connectivity index (χ2v) is 5.68. The summed E-state index contributed by atoms with van der Waals surface area (Å²) >= 11 is 0. The van der Waals surface area contributed by atoms with Gasteiger partial charge in [-0.3, -0.25) is 9.59 Å². The normalized spacial score (nSPS) is 16.7. The highest BCUT2D eigenvalue weighted by Gasteiger charge is 2.34. The van der Waals surface area contributed by atoms with E-state index < -0.39 is 11.9 Å². The summed E-state index contributed by atoms with van der Waals surface area (Å²) in [6, 6.07) is 16.8. The molecule has 1 atom stereocenters. The zero-order valence-electron chi connectivity index (χ0n) is 12.8. The van der Waals surface area contributed by atoms with E-state index in [-0.39, 0.29) is 5.91 Å². The van der Waals surface area contributed by atoms with Crippen LogP contribution in [0.25, 0.3) is 0 Å². The first-order valence-electron chi connectivity index (χ1n) is 7.71. The van der Waals surface area contributed by atoms with E-state index in [1.165, 1.54) is 0 Å². The summed E-state index contributed by atoms with van der Waals surface area (Å²) in [6.45, 7) is 0.509. The quantitative estimate of drug-likeness (QED) is 0.939. The Kier molecular flexibility index (Phi) is 4.42. The molecule has 23 heavy (non-hydrogen) atoms. The van der Waals surface area contributed by atoms with E-state index in [0.29, 0.717) is 13.0 Å². The molecule has 4 heteroatoms. The number of benzene rings is 2. The highest BCUT2D eigenvalue weighted by atomic mass is 16.2. The average molecular weight is 307 g/mol. The van der Waals surface area contributed by atoms with E-state index in [1.54, 1.807) is 11.3 Å². The molecule has 0 aromatic heterocycles. The van der Waals surface area contributed by atoms with Crippen LogP contribution in [0.15, 0.2) is 54.6 Å². The van der Waals surface area contributed by atoms with Gasteiger partial charge in [0.25, 0.3) is 0 Å². The van der Waals surface area contributed by atoms with Crippen LogP contribution < -0.4 is 5.73 Å². The van der Waals surface area contributed by atoms with Crippen molar-refractivity contribution in [3.63, 3.8) is 0 Å². The van der Waals surface area contributed by atoms with Gasteiger partial charge < -0.3 is 10.6 Å². The topological polar surface area (TPSA) is 63.4 Å². The number of carbonyl (C=O) groups excluding carboxylic acids is 2. The molecule has 0 fully saturated rings. The fraction of sp³-hybridized carbons (Fsp3) is 0.211. The Balaban J connectivity index is 1.76. The zero-order valence-corrected chi connectivity index (χ0v) is 12.8. The van der Waals surface area contributed by atoms with Crippen molar-refractivity contribution in [2.24, 2.45) is 5.73 Å². The lowest BCUT2D eigenvalue weighted by atomic mass is 9.91. The number of nitrogens with zero attached hydrogens (tertiary/aromatic N) is 1. The Hall–Kier alpha value is -2.62. The van der Waals surface area contributed by atoms with Crippen LogP contribution in [0.1, 0.15) is 22.7 Å². The van der Waals surface area contributed by atoms with Crippen molar-refractivity contribution in [1.82, 2.24) is 4.90 Å². The third kappa shape index (κ3) is 3.26. The van der Waals surface area contributed by atoms with Crippen molar-refractivity contribution >= 4 is 11.8 Å². The van der Waals surface area contributed by atoms with Crippen LogP contribution in [0.3, 0.4) is 0 Å². The number of nitrogens with two attached hydrogens (primary N) is 1. The Morgan fingerprint density at radius 1 is 1.09 bits per heavy atom. The molecule has 4 nitrogen and oxygen atoms in total. The predicted octanol–water partition coefficient (Wildman–Crippen LogP) is 2.04. The lowest BCUT2D eigenvalue weighted by Gasteiger charge is -2.35. The first-order chi connectivity index (χ1) is 11.2. The number of primary amides is 1. The Labute approximate surface area is 135 Å². The molecule has 2 amide bonds. The van der Waals surface area contributed by atoms with Gasteiger partial charge in [-0.05, 0) is 29.5 Å². The summed E-state index contributed by atoms with van der Waals surface area (Å²) < 4.78 is 0. The molecule has 0 spiro atoms. The van der Waals surface area contributed by atoms with Gasteiger partial charge in [0.05, 0.1) is 6.42 Å². The smallest absolute Gasteiger partial charge is 0.244 e. The maximum absolute atomic E-state index is 12.6. The maximum atomic E-state index is 12.6. The Morgan fingerprint density at radius 2 is 1.78 bits per heavy atom. The van der Waals surface area contributed by atoms with Gasteiger partial charge in [0.1, 0.15) is 6.04 Å². The zero-order chi connectivity index (χ0) is 16.2. The summed E-state index contributed by atoms with van der Waals surface area (Å²) in [4.78, 5) is 26.1. The van der Waals surface area contributed by atoms with Crippen molar-refractivity contribution in [2.75, 3.05) is 6.54 Å². The molecule has 2 N–H and O–H groups in total. The summed E-state index contributed by atoms with van der Waals surface area (Å²) in [5, 5.41) is 0. The van der Waals surface area contributed by atoms with Crippen LogP contribution in [0.5, 0.6) is 0 Å². The van der Waals surface area contributed by atoms with Crippen LogP contribution in [-0.4, -0.2) is 23.3 Å². The molecular weight excluding hydrogens is 288 g/mol. The third-order valence-electron chi connectivity index (χ3n) is 4.19. The van der Waals surface area contributed by atoms with Crippen LogP contribution in [0, 0.1) is 6.42 Å². The fourth-order valence-corrected chi connectivity index (χ4v) is 3.05. The Morgan fingerprint density at radius 3 is 2.52 bits per heavy atom. The number of carbonyl (C=O) groups is 2. The van der Waals surface area contributed by atoms with Crippen LogP contribution in [-0.2, 0) is 22.4 Å². The molecule has 2 aromatic rings. The van der Waals surface area contributed by atoms with Gasteiger partial charge in [-0.15, -0.1) is 0 Å². The number of fused-ring (bicyclic) bond motifs is 1. The van der Waals surface area contributed by atoms with E-state index in [1.807, 2.05) is 54.6 Å². The predicted molar refractivity (Wildman–Crippen MR) is 88.2 cm³/mol. The highest BCUT2D eigenvalue weighted by Crippen LogP contribution is 2.30. The van der Waals surface area contributed by atoms with E-state index in [4.69, 9.17) is 5.73 Å². The molecule has 0 saturated carbocycles. The summed E-state index contributed by atoms with van der Waals surface area (Å²) in [5.41, 5.74) is 8.56.